The number of nitrogens with one attached hydrogen (secondary N) is 1. The van der Waals surface area contributed by atoms with Gasteiger partial charge in [0.2, 0.25) is 5.28 Å². The van der Waals surface area contributed by atoms with E-state index < -0.39 is 0 Å². The molecule has 2 fully saturated rings. The van der Waals surface area contributed by atoms with Gasteiger partial charge in [-0.1, -0.05) is 11.8 Å². The SMILES string of the molecule is NC1CC(C#Cc2cnc(Cl)nc2NC2CC2)C1. The second-order valence-corrected chi connectivity index (χ2v) is 5.36. The van der Waals surface area contributed by atoms with Gasteiger partial charge >= 0.3 is 0 Å². The number of aromatic nitrogens is 2. The molecule has 0 saturated heterocycles. The highest BCUT2D eigenvalue weighted by Gasteiger charge is 2.24. The lowest BCUT2D eigenvalue weighted by molar-refractivity contribution is 0.335. The predicted octanol–water partition coefficient (Wildman–Crippen LogP) is 1.79. The van der Waals surface area contributed by atoms with Crippen LogP contribution in [0.2, 0.25) is 5.28 Å². The van der Waals surface area contributed by atoms with Crippen molar-refractivity contribution in [1.29, 1.82) is 0 Å². The van der Waals surface area contributed by atoms with Crippen LogP contribution in [-0.2, 0) is 0 Å². The molecule has 0 aromatic carbocycles. The molecule has 0 bridgehead atoms. The smallest absolute Gasteiger partial charge is 0.224 e. The van der Waals surface area contributed by atoms with E-state index in [0.717, 1.165) is 24.2 Å². The Hall–Kier alpha value is -1.31. The average molecular weight is 263 g/mol. The van der Waals surface area contributed by atoms with E-state index in [1.165, 1.54) is 12.8 Å². The summed E-state index contributed by atoms with van der Waals surface area (Å²) in [6, 6.07) is 0.850. The molecule has 0 unspecified atom stereocenters. The quantitative estimate of drug-likeness (QED) is 0.630. The molecule has 4 nitrogen and oxygen atoms in total. The molecule has 1 aromatic heterocycles. The minimum Gasteiger partial charge on any atom is -0.366 e. The predicted molar refractivity (Wildman–Crippen MR) is 71.3 cm³/mol. The van der Waals surface area contributed by atoms with Gasteiger partial charge in [0.15, 0.2) is 0 Å². The number of nitrogens with two attached hydrogens (primary N) is 1. The summed E-state index contributed by atoms with van der Waals surface area (Å²) in [7, 11) is 0. The van der Waals surface area contributed by atoms with Crippen molar-refractivity contribution in [3.05, 3.63) is 17.0 Å². The summed E-state index contributed by atoms with van der Waals surface area (Å²) < 4.78 is 0. The van der Waals surface area contributed by atoms with Gasteiger partial charge in [-0.05, 0) is 37.3 Å². The zero-order valence-electron chi connectivity index (χ0n) is 9.99. The topological polar surface area (TPSA) is 63.8 Å². The van der Waals surface area contributed by atoms with Gasteiger partial charge in [0, 0.05) is 24.2 Å². The lowest BCUT2D eigenvalue weighted by atomic mass is 9.81. The van der Waals surface area contributed by atoms with Crippen molar-refractivity contribution in [3.8, 4) is 11.8 Å². The van der Waals surface area contributed by atoms with Crippen molar-refractivity contribution >= 4 is 17.4 Å². The van der Waals surface area contributed by atoms with E-state index in [2.05, 4.69) is 27.1 Å². The molecule has 3 rings (SSSR count). The maximum atomic E-state index is 5.81. The van der Waals surface area contributed by atoms with Crippen molar-refractivity contribution < 1.29 is 0 Å². The largest absolute Gasteiger partial charge is 0.366 e. The number of hydrogen-bond acceptors (Lipinski definition) is 4. The van der Waals surface area contributed by atoms with Crippen LogP contribution >= 0.6 is 11.6 Å². The first kappa shape index (κ1) is 11.8. The number of nitrogens with zero attached hydrogens (tertiary/aromatic N) is 2. The van der Waals surface area contributed by atoms with Crippen molar-refractivity contribution in [2.45, 2.75) is 37.8 Å². The molecule has 2 aliphatic rings. The third kappa shape index (κ3) is 2.74. The Labute approximate surface area is 111 Å². The van der Waals surface area contributed by atoms with E-state index in [4.69, 9.17) is 17.3 Å². The van der Waals surface area contributed by atoms with Crippen molar-refractivity contribution in [2.75, 3.05) is 5.32 Å². The number of anilines is 1. The first-order chi connectivity index (χ1) is 8.70. The van der Waals surface area contributed by atoms with Crippen LogP contribution < -0.4 is 11.1 Å². The molecule has 18 heavy (non-hydrogen) atoms. The minimum atomic E-state index is 0.259. The van der Waals surface area contributed by atoms with Crippen molar-refractivity contribution in [2.24, 2.45) is 11.7 Å². The first-order valence-electron chi connectivity index (χ1n) is 6.27. The summed E-state index contributed by atoms with van der Waals surface area (Å²) in [4.78, 5) is 8.20. The first-order valence-corrected chi connectivity index (χ1v) is 6.64. The fourth-order valence-electron chi connectivity index (χ4n) is 1.94. The lowest BCUT2D eigenvalue weighted by Gasteiger charge is -2.27. The van der Waals surface area contributed by atoms with E-state index in [0.29, 0.717) is 18.0 Å². The highest BCUT2D eigenvalue weighted by Crippen LogP contribution is 2.27. The second-order valence-electron chi connectivity index (χ2n) is 5.02. The van der Waals surface area contributed by atoms with Crippen LogP contribution in [0.4, 0.5) is 5.82 Å². The summed E-state index contributed by atoms with van der Waals surface area (Å²) in [5.41, 5.74) is 6.57. The second kappa shape index (κ2) is 4.75. The standard InChI is InChI=1S/C13H15ClN4/c14-13-16-7-9(2-1-8-5-10(15)6-8)12(18-13)17-11-3-4-11/h7-8,10-11H,3-6,15H2,(H,16,17,18). The van der Waals surface area contributed by atoms with Crippen LogP contribution in [0, 0.1) is 17.8 Å². The van der Waals surface area contributed by atoms with Gasteiger partial charge < -0.3 is 11.1 Å². The molecule has 5 heteroatoms. The fraction of sp³-hybridized carbons (Fsp3) is 0.538. The normalized spacial score (nSPS) is 25.9. The summed E-state index contributed by atoms with van der Waals surface area (Å²) >= 11 is 5.81. The minimum absolute atomic E-state index is 0.259. The van der Waals surface area contributed by atoms with Crippen molar-refractivity contribution in [1.82, 2.24) is 9.97 Å². The Balaban J connectivity index is 1.76. The van der Waals surface area contributed by atoms with E-state index in [1.54, 1.807) is 6.20 Å². The maximum absolute atomic E-state index is 5.81. The zero-order chi connectivity index (χ0) is 12.5. The molecule has 2 saturated carbocycles. The van der Waals surface area contributed by atoms with Gasteiger partial charge in [-0.3, -0.25) is 0 Å². The van der Waals surface area contributed by atoms with Gasteiger partial charge in [-0.25, -0.2) is 4.98 Å². The Kier molecular flexibility index (Phi) is 3.11. The summed E-state index contributed by atoms with van der Waals surface area (Å²) in [5, 5.41) is 3.59. The lowest BCUT2D eigenvalue weighted by Crippen LogP contribution is -2.35. The summed E-state index contributed by atoms with van der Waals surface area (Å²) in [5.74, 6) is 7.55. The molecule has 2 aliphatic carbocycles. The van der Waals surface area contributed by atoms with Crippen LogP contribution in [0.5, 0.6) is 0 Å². The van der Waals surface area contributed by atoms with E-state index >= 15 is 0 Å². The number of rotatable bonds is 2. The van der Waals surface area contributed by atoms with Crippen molar-refractivity contribution in [3.63, 3.8) is 0 Å². The third-order valence-corrected chi connectivity index (χ3v) is 3.45. The van der Waals surface area contributed by atoms with Crippen LogP contribution in [0.1, 0.15) is 31.2 Å². The van der Waals surface area contributed by atoms with Gasteiger partial charge in [-0.2, -0.15) is 4.98 Å². The molecule has 0 spiro atoms. The fourth-order valence-corrected chi connectivity index (χ4v) is 2.08. The van der Waals surface area contributed by atoms with Gasteiger partial charge in [-0.15, -0.1) is 0 Å². The van der Waals surface area contributed by atoms with E-state index in [9.17, 15) is 0 Å². The maximum Gasteiger partial charge on any atom is 0.224 e. The molecule has 0 amide bonds. The summed E-state index contributed by atoms with van der Waals surface area (Å²) in [6.07, 6.45) is 6.04. The summed E-state index contributed by atoms with van der Waals surface area (Å²) in [6.45, 7) is 0. The van der Waals surface area contributed by atoms with Crippen LogP contribution in [0.25, 0.3) is 0 Å². The Bertz CT molecular complexity index is 509. The zero-order valence-corrected chi connectivity index (χ0v) is 10.7. The third-order valence-electron chi connectivity index (χ3n) is 3.26. The monoisotopic (exact) mass is 262 g/mol. The van der Waals surface area contributed by atoms with E-state index in [-0.39, 0.29) is 5.28 Å². The molecular formula is C13H15ClN4. The Morgan fingerprint density at radius 3 is 2.83 bits per heavy atom. The molecule has 3 N–H and O–H groups in total. The van der Waals surface area contributed by atoms with Gasteiger partial charge in [0.1, 0.15) is 5.82 Å². The molecule has 0 aliphatic heterocycles. The number of hydrogen-bond donors (Lipinski definition) is 2. The van der Waals surface area contributed by atoms with Crippen LogP contribution in [0.3, 0.4) is 0 Å². The molecule has 1 heterocycles. The van der Waals surface area contributed by atoms with Gasteiger partial charge in [0.25, 0.3) is 0 Å². The van der Waals surface area contributed by atoms with Crippen LogP contribution in [-0.4, -0.2) is 22.1 Å². The Morgan fingerprint density at radius 2 is 2.17 bits per heavy atom. The highest BCUT2D eigenvalue weighted by molar-refractivity contribution is 6.28. The molecule has 0 atom stereocenters. The molecule has 94 valence electrons. The molecular weight excluding hydrogens is 248 g/mol. The number of halogens is 1. The van der Waals surface area contributed by atoms with E-state index in [1.807, 2.05) is 0 Å². The Morgan fingerprint density at radius 1 is 1.39 bits per heavy atom. The van der Waals surface area contributed by atoms with Gasteiger partial charge in [0.05, 0.1) is 5.56 Å². The molecule has 1 aromatic rings. The highest BCUT2D eigenvalue weighted by atomic mass is 35.5. The average Bonchev–Trinajstić information content (AvgIpc) is 3.09. The molecule has 0 radical (unpaired) electrons. The van der Waals surface area contributed by atoms with Crippen LogP contribution in [0.15, 0.2) is 6.20 Å².